The minimum atomic E-state index is -0.383. The molecule has 1 atom stereocenters. The summed E-state index contributed by atoms with van der Waals surface area (Å²) in [5.74, 6) is 0. The zero-order valence-electron chi connectivity index (χ0n) is 11.5. The topological polar surface area (TPSA) is 43.1 Å². The van der Waals surface area contributed by atoms with Gasteiger partial charge in [-0.15, -0.1) is 7.05 Å². The van der Waals surface area contributed by atoms with E-state index in [4.69, 9.17) is 0 Å². The molecule has 2 aromatic carbocycles. The number of benzene rings is 2. The molecule has 20 heavy (non-hydrogen) atoms. The van der Waals surface area contributed by atoms with E-state index in [1.165, 1.54) is 17.7 Å². The van der Waals surface area contributed by atoms with E-state index >= 15 is 0 Å². The summed E-state index contributed by atoms with van der Waals surface area (Å²) in [6.07, 6.45) is 0. The van der Waals surface area contributed by atoms with Crippen molar-refractivity contribution in [3.63, 3.8) is 0 Å². The Bertz CT molecular complexity index is 577. The fraction of sp³-hybridized carbons (Fsp3) is 0.188. The number of quaternary nitrogens is 1. The zero-order chi connectivity index (χ0) is 14.6. The van der Waals surface area contributed by atoms with Crippen molar-refractivity contribution in [1.82, 2.24) is 0 Å². The first-order chi connectivity index (χ1) is 9.46. The van der Waals surface area contributed by atoms with Gasteiger partial charge in [-0.1, -0.05) is 30.3 Å². The lowest BCUT2D eigenvalue weighted by atomic mass is 10.1. The van der Waals surface area contributed by atoms with Crippen LogP contribution >= 0.6 is 0 Å². The van der Waals surface area contributed by atoms with E-state index in [2.05, 4.69) is 26.2 Å². The van der Waals surface area contributed by atoms with Gasteiger partial charge >= 0.3 is 0 Å². The third-order valence-corrected chi connectivity index (χ3v) is 3.12. The van der Waals surface area contributed by atoms with Gasteiger partial charge < -0.3 is 4.48 Å². The molecule has 0 N–H and O–H groups in total. The summed E-state index contributed by atoms with van der Waals surface area (Å²) in [5, 5.41) is 10.6. The van der Waals surface area contributed by atoms with Gasteiger partial charge in [0.05, 0.1) is 18.0 Å². The van der Waals surface area contributed by atoms with Crippen molar-refractivity contribution >= 4 is 5.69 Å². The van der Waals surface area contributed by atoms with Gasteiger partial charge in [0.2, 0.25) is 0 Å². The Morgan fingerprint density at radius 1 is 1.00 bits per heavy atom. The van der Waals surface area contributed by atoms with Crippen molar-refractivity contribution in [2.75, 3.05) is 7.05 Å². The van der Waals surface area contributed by atoms with E-state index in [9.17, 15) is 10.1 Å². The molecule has 1 unspecified atom stereocenters. The third kappa shape index (κ3) is 3.90. The molecule has 0 saturated carbocycles. The molecule has 0 amide bonds. The van der Waals surface area contributed by atoms with Crippen molar-refractivity contribution in [1.29, 1.82) is 0 Å². The highest BCUT2D eigenvalue weighted by atomic mass is 16.6. The molecule has 0 aliphatic carbocycles. The molecule has 0 heterocycles. The summed E-state index contributed by atoms with van der Waals surface area (Å²) in [7, 11) is 6.27. The molecule has 0 aliphatic heterocycles. The Morgan fingerprint density at radius 3 is 2.00 bits per heavy atom. The number of nitrogens with zero attached hydrogens (tertiary/aromatic N) is 2. The Balaban J connectivity index is 2.06. The Kier molecular flexibility index (Phi) is 4.15. The van der Waals surface area contributed by atoms with E-state index in [1.807, 2.05) is 18.2 Å². The quantitative estimate of drug-likeness (QED) is 0.361. The van der Waals surface area contributed by atoms with Crippen LogP contribution < -0.4 is 0 Å². The van der Waals surface area contributed by atoms with Crippen LogP contribution in [0.4, 0.5) is 5.69 Å². The highest BCUT2D eigenvalue weighted by Crippen LogP contribution is 2.18. The van der Waals surface area contributed by atoms with Gasteiger partial charge in [0.25, 0.3) is 5.69 Å². The number of nitro benzene ring substituents is 1. The molecule has 4 heteroatoms. The minimum Gasteiger partial charge on any atom is -0.452 e. The predicted octanol–water partition coefficient (Wildman–Crippen LogP) is 3.53. The second-order valence-corrected chi connectivity index (χ2v) is 5.34. The first-order valence-electron chi connectivity index (χ1n) is 6.42. The minimum absolute atomic E-state index is 0.120. The maximum atomic E-state index is 10.6. The Labute approximate surface area is 119 Å². The predicted molar refractivity (Wildman–Crippen MR) is 78.5 cm³/mol. The normalized spacial score (nSPS) is 13.7. The fourth-order valence-electron chi connectivity index (χ4n) is 2.24. The number of nitro groups is 1. The van der Waals surface area contributed by atoms with Crippen molar-refractivity contribution in [2.24, 2.45) is 0 Å². The van der Waals surface area contributed by atoms with Crippen LogP contribution in [0.25, 0.3) is 0 Å². The van der Waals surface area contributed by atoms with Gasteiger partial charge in [-0.2, -0.15) is 0 Å². The Morgan fingerprint density at radius 2 is 1.50 bits per heavy atom. The van der Waals surface area contributed by atoms with Gasteiger partial charge in [-0.25, -0.2) is 0 Å². The molecule has 4 nitrogen and oxygen atoms in total. The molecule has 0 radical (unpaired) electrons. The van der Waals surface area contributed by atoms with Crippen molar-refractivity contribution in [2.45, 2.75) is 13.1 Å². The summed E-state index contributed by atoms with van der Waals surface area (Å²) >= 11 is 0. The van der Waals surface area contributed by atoms with Crippen LogP contribution in [0.5, 0.6) is 0 Å². The smallest absolute Gasteiger partial charge is 0.269 e. The summed E-state index contributed by atoms with van der Waals surface area (Å²) < 4.78 is 0.557. The molecular formula is C16H18N2O2. The average Bonchev–Trinajstić information content (AvgIpc) is 2.39. The summed E-state index contributed by atoms with van der Waals surface area (Å²) in [4.78, 5) is 10.2. The van der Waals surface area contributed by atoms with Crippen LogP contribution in [0.2, 0.25) is 0 Å². The number of hydrogen-bond donors (Lipinski definition) is 0. The zero-order valence-corrected chi connectivity index (χ0v) is 11.5. The summed E-state index contributed by atoms with van der Waals surface area (Å²) in [6.45, 7) is 1.55. The highest BCUT2D eigenvalue weighted by molar-refractivity contribution is 5.32. The lowest BCUT2D eigenvalue weighted by Crippen LogP contribution is -2.35. The standard InChI is InChI=1S/C16H18N2O2/c1-18(2,12-14-6-4-3-5-7-14)13-15-8-10-16(11-9-15)17(19)20/h3-11H,1,12-13H2,2H3. The van der Waals surface area contributed by atoms with Gasteiger partial charge in [-0.3, -0.25) is 10.1 Å². The molecule has 2 aromatic rings. The molecule has 0 bridgehead atoms. The first kappa shape index (κ1) is 14.2. The van der Waals surface area contributed by atoms with Gasteiger partial charge in [0.1, 0.15) is 0 Å². The molecular weight excluding hydrogens is 252 g/mol. The lowest BCUT2D eigenvalue weighted by molar-refractivity contribution is -0.893. The van der Waals surface area contributed by atoms with Crippen LogP contribution in [-0.4, -0.2) is 16.5 Å². The van der Waals surface area contributed by atoms with Crippen LogP contribution in [0, 0.1) is 17.2 Å². The lowest BCUT2D eigenvalue weighted by Gasteiger charge is -2.38. The summed E-state index contributed by atoms with van der Waals surface area (Å²) in [6, 6.07) is 16.9. The molecule has 0 spiro atoms. The van der Waals surface area contributed by atoms with Crippen LogP contribution in [0.15, 0.2) is 54.6 Å². The van der Waals surface area contributed by atoms with Gasteiger partial charge in [0, 0.05) is 30.3 Å². The number of hydrogen-bond acceptors (Lipinski definition) is 2. The Hall–Kier alpha value is -2.20. The maximum Gasteiger partial charge on any atom is 0.269 e. The number of rotatable bonds is 5. The van der Waals surface area contributed by atoms with Crippen LogP contribution in [-0.2, 0) is 13.1 Å². The van der Waals surface area contributed by atoms with Gasteiger partial charge in [-0.05, 0) is 12.1 Å². The van der Waals surface area contributed by atoms with E-state index < -0.39 is 0 Å². The van der Waals surface area contributed by atoms with Crippen molar-refractivity contribution < 1.29 is 9.41 Å². The number of non-ortho nitro benzene ring substituents is 1. The SMILES string of the molecule is [CH2-][N+](C)(Cc1ccccc1)Cc1ccc([N+](=O)[O-])cc1. The van der Waals surface area contributed by atoms with E-state index in [0.717, 1.165) is 18.7 Å². The van der Waals surface area contributed by atoms with E-state index in [-0.39, 0.29) is 10.6 Å². The first-order valence-corrected chi connectivity index (χ1v) is 6.42. The fourth-order valence-corrected chi connectivity index (χ4v) is 2.24. The highest BCUT2D eigenvalue weighted by Gasteiger charge is 2.12. The van der Waals surface area contributed by atoms with Crippen LogP contribution in [0.3, 0.4) is 0 Å². The molecule has 0 aromatic heterocycles. The molecule has 0 aliphatic rings. The molecule has 104 valence electrons. The van der Waals surface area contributed by atoms with E-state index in [1.54, 1.807) is 12.1 Å². The van der Waals surface area contributed by atoms with Crippen LogP contribution in [0.1, 0.15) is 11.1 Å². The molecule has 0 fully saturated rings. The molecule has 0 saturated heterocycles. The monoisotopic (exact) mass is 270 g/mol. The maximum absolute atomic E-state index is 10.6. The van der Waals surface area contributed by atoms with Crippen molar-refractivity contribution in [3.05, 3.63) is 82.9 Å². The molecule has 2 rings (SSSR count). The third-order valence-electron chi connectivity index (χ3n) is 3.12. The van der Waals surface area contributed by atoms with Gasteiger partial charge in [0.15, 0.2) is 0 Å². The second-order valence-electron chi connectivity index (χ2n) is 5.34. The van der Waals surface area contributed by atoms with E-state index in [0.29, 0.717) is 4.48 Å². The largest absolute Gasteiger partial charge is 0.452 e. The van der Waals surface area contributed by atoms with Crippen molar-refractivity contribution in [3.8, 4) is 0 Å². The summed E-state index contributed by atoms with van der Waals surface area (Å²) in [5.41, 5.74) is 2.39. The second kappa shape index (κ2) is 5.84. The average molecular weight is 270 g/mol.